The van der Waals surface area contributed by atoms with E-state index >= 15 is 0 Å². The lowest BCUT2D eigenvalue weighted by Crippen LogP contribution is -2.43. The Labute approximate surface area is 99.1 Å². The standard InChI is InChI=1S/C11H19F3N2O/c1-7-5-8(3-4-9(7)15)10(17)16(2)6-11(12,13)14/h7-9H,3-6,15H2,1-2H3. The van der Waals surface area contributed by atoms with Crippen LogP contribution in [0, 0.1) is 11.8 Å². The minimum atomic E-state index is -4.33. The average molecular weight is 252 g/mol. The third-order valence-electron chi connectivity index (χ3n) is 3.38. The van der Waals surface area contributed by atoms with Crippen LogP contribution in [0.5, 0.6) is 0 Å². The molecule has 1 aliphatic rings. The Bertz CT molecular complexity index is 280. The Morgan fingerprint density at radius 3 is 2.47 bits per heavy atom. The molecular weight excluding hydrogens is 233 g/mol. The molecule has 0 aromatic rings. The number of rotatable bonds is 2. The van der Waals surface area contributed by atoms with Gasteiger partial charge in [-0.05, 0) is 25.2 Å². The second-order valence-corrected chi connectivity index (χ2v) is 4.96. The fraction of sp³-hybridized carbons (Fsp3) is 0.909. The molecule has 3 unspecified atom stereocenters. The summed E-state index contributed by atoms with van der Waals surface area (Å²) in [7, 11) is 1.20. The Morgan fingerprint density at radius 1 is 1.41 bits per heavy atom. The zero-order chi connectivity index (χ0) is 13.2. The normalized spacial score (nSPS) is 30.1. The first-order valence-electron chi connectivity index (χ1n) is 5.78. The summed E-state index contributed by atoms with van der Waals surface area (Å²) in [6.45, 7) is 0.761. The molecule has 1 fully saturated rings. The van der Waals surface area contributed by atoms with Crippen molar-refractivity contribution in [3.8, 4) is 0 Å². The van der Waals surface area contributed by atoms with E-state index in [-0.39, 0.29) is 17.9 Å². The summed E-state index contributed by atoms with van der Waals surface area (Å²) in [5, 5.41) is 0. The van der Waals surface area contributed by atoms with E-state index < -0.39 is 18.6 Å². The maximum atomic E-state index is 12.2. The summed E-state index contributed by atoms with van der Waals surface area (Å²) >= 11 is 0. The SMILES string of the molecule is CC1CC(C(=O)N(C)CC(F)(F)F)CCC1N. The molecule has 100 valence electrons. The minimum Gasteiger partial charge on any atom is -0.336 e. The van der Waals surface area contributed by atoms with Crippen LogP contribution >= 0.6 is 0 Å². The van der Waals surface area contributed by atoms with E-state index in [0.717, 1.165) is 4.90 Å². The molecule has 0 aliphatic heterocycles. The maximum Gasteiger partial charge on any atom is 0.406 e. The van der Waals surface area contributed by atoms with Gasteiger partial charge in [-0.25, -0.2) is 0 Å². The van der Waals surface area contributed by atoms with Gasteiger partial charge in [0.25, 0.3) is 0 Å². The van der Waals surface area contributed by atoms with Crippen LogP contribution < -0.4 is 5.73 Å². The molecule has 17 heavy (non-hydrogen) atoms. The van der Waals surface area contributed by atoms with Gasteiger partial charge < -0.3 is 10.6 Å². The summed E-state index contributed by atoms with van der Waals surface area (Å²) in [5.74, 6) is -0.532. The second-order valence-electron chi connectivity index (χ2n) is 4.96. The fourth-order valence-electron chi connectivity index (χ4n) is 2.30. The molecule has 0 saturated heterocycles. The third kappa shape index (κ3) is 4.18. The lowest BCUT2D eigenvalue weighted by molar-refractivity contribution is -0.161. The Morgan fingerprint density at radius 2 is 2.00 bits per heavy atom. The van der Waals surface area contributed by atoms with Crippen molar-refractivity contribution in [1.29, 1.82) is 0 Å². The first-order chi connectivity index (χ1) is 7.70. The van der Waals surface area contributed by atoms with Crippen LogP contribution in [0.2, 0.25) is 0 Å². The zero-order valence-corrected chi connectivity index (χ0v) is 10.1. The van der Waals surface area contributed by atoms with E-state index in [0.29, 0.717) is 19.3 Å². The van der Waals surface area contributed by atoms with E-state index in [2.05, 4.69) is 0 Å². The number of alkyl halides is 3. The molecule has 0 heterocycles. The molecule has 0 spiro atoms. The largest absolute Gasteiger partial charge is 0.406 e. The van der Waals surface area contributed by atoms with Gasteiger partial charge in [-0.15, -0.1) is 0 Å². The van der Waals surface area contributed by atoms with Gasteiger partial charge in [-0.1, -0.05) is 6.92 Å². The lowest BCUT2D eigenvalue weighted by Gasteiger charge is -2.33. The molecule has 2 N–H and O–H groups in total. The van der Waals surface area contributed by atoms with E-state index in [1.807, 2.05) is 6.92 Å². The number of nitrogens with two attached hydrogens (primary N) is 1. The van der Waals surface area contributed by atoms with Gasteiger partial charge in [0, 0.05) is 19.0 Å². The summed E-state index contributed by atoms with van der Waals surface area (Å²) < 4.78 is 36.5. The van der Waals surface area contributed by atoms with Crippen LogP contribution in [-0.2, 0) is 4.79 Å². The smallest absolute Gasteiger partial charge is 0.336 e. The summed E-state index contributed by atoms with van der Waals surface area (Å²) in [6.07, 6.45) is -2.45. The van der Waals surface area contributed by atoms with Crippen molar-refractivity contribution in [1.82, 2.24) is 4.90 Å². The van der Waals surface area contributed by atoms with Crippen molar-refractivity contribution in [2.45, 2.75) is 38.4 Å². The Hall–Kier alpha value is -0.780. The first kappa shape index (κ1) is 14.3. The molecule has 0 radical (unpaired) electrons. The highest BCUT2D eigenvalue weighted by Crippen LogP contribution is 2.29. The highest BCUT2D eigenvalue weighted by atomic mass is 19.4. The van der Waals surface area contributed by atoms with Crippen LogP contribution in [-0.4, -0.2) is 36.6 Å². The fourth-order valence-corrected chi connectivity index (χ4v) is 2.30. The molecule has 1 rings (SSSR count). The van der Waals surface area contributed by atoms with Gasteiger partial charge in [-0.3, -0.25) is 4.79 Å². The quantitative estimate of drug-likeness (QED) is 0.814. The number of hydrogen-bond donors (Lipinski definition) is 1. The second kappa shape index (κ2) is 5.25. The van der Waals surface area contributed by atoms with Crippen molar-refractivity contribution in [2.75, 3.05) is 13.6 Å². The number of nitrogens with zero attached hydrogens (tertiary/aromatic N) is 1. The van der Waals surface area contributed by atoms with Gasteiger partial charge in [0.1, 0.15) is 6.54 Å². The van der Waals surface area contributed by atoms with Crippen LogP contribution in [0.3, 0.4) is 0 Å². The van der Waals surface area contributed by atoms with Gasteiger partial charge in [0.15, 0.2) is 0 Å². The predicted octanol–water partition coefficient (Wildman–Crippen LogP) is 1.77. The van der Waals surface area contributed by atoms with E-state index in [9.17, 15) is 18.0 Å². The van der Waals surface area contributed by atoms with Crippen molar-refractivity contribution in [3.63, 3.8) is 0 Å². The topological polar surface area (TPSA) is 46.3 Å². The number of amides is 1. The summed E-state index contributed by atoms with van der Waals surface area (Å²) in [5.41, 5.74) is 5.81. The van der Waals surface area contributed by atoms with Crippen LogP contribution in [0.15, 0.2) is 0 Å². The summed E-state index contributed by atoms with van der Waals surface area (Å²) in [4.78, 5) is 12.6. The molecule has 0 bridgehead atoms. The van der Waals surface area contributed by atoms with Crippen molar-refractivity contribution >= 4 is 5.91 Å². The van der Waals surface area contributed by atoms with Crippen molar-refractivity contribution in [2.24, 2.45) is 17.6 Å². The maximum absolute atomic E-state index is 12.2. The number of hydrogen-bond acceptors (Lipinski definition) is 2. The first-order valence-corrected chi connectivity index (χ1v) is 5.78. The molecule has 3 atom stereocenters. The average Bonchev–Trinajstić information content (AvgIpc) is 2.18. The predicted molar refractivity (Wildman–Crippen MR) is 58.2 cm³/mol. The molecule has 0 aromatic heterocycles. The van der Waals surface area contributed by atoms with E-state index in [1.54, 1.807) is 0 Å². The van der Waals surface area contributed by atoms with Crippen LogP contribution in [0.4, 0.5) is 13.2 Å². The molecule has 6 heteroatoms. The number of carbonyl (C=O) groups is 1. The van der Waals surface area contributed by atoms with Crippen LogP contribution in [0.25, 0.3) is 0 Å². The molecule has 1 saturated carbocycles. The van der Waals surface area contributed by atoms with Gasteiger partial charge >= 0.3 is 6.18 Å². The van der Waals surface area contributed by atoms with Crippen LogP contribution in [0.1, 0.15) is 26.2 Å². The number of halogens is 3. The summed E-state index contributed by atoms with van der Waals surface area (Å²) in [6, 6.07) is 0.0620. The van der Waals surface area contributed by atoms with Gasteiger partial charge in [0.05, 0.1) is 0 Å². The minimum absolute atomic E-state index is 0.0620. The van der Waals surface area contributed by atoms with Gasteiger partial charge in [0.2, 0.25) is 5.91 Å². The van der Waals surface area contributed by atoms with E-state index in [1.165, 1.54) is 7.05 Å². The van der Waals surface area contributed by atoms with Crippen molar-refractivity contribution in [3.05, 3.63) is 0 Å². The third-order valence-corrected chi connectivity index (χ3v) is 3.38. The zero-order valence-electron chi connectivity index (χ0n) is 10.1. The van der Waals surface area contributed by atoms with E-state index in [4.69, 9.17) is 5.73 Å². The Balaban J connectivity index is 2.53. The highest BCUT2D eigenvalue weighted by molar-refractivity contribution is 5.78. The molecule has 0 aromatic carbocycles. The number of carbonyl (C=O) groups excluding carboxylic acids is 1. The monoisotopic (exact) mass is 252 g/mol. The molecule has 1 amide bonds. The molecular formula is C11H19F3N2O. The lowest BCUT2D eigenvalue weighted by atomic mass is 9.79. The highest BCUT2D eigenvalue weighted by Gasteiger charge is 2.35. The Kier molecular flexibility index (Phi) is 4.41. The molecule has 3 nitrogen and oxygen atoms in total. The van der Waals surface area contributed by atoms with Crippen molar-refractivity contribution < 1.29 is 18.0 Å². The van der Waals surface area contributed by atoms with Gasteiger partial charge in [-0.2, -0.15) is 13.2 Å². The molecule has 1 aliphatic carbocycles.